The molecule has 0 fully saturated rings. The second-order valence-electron chi connectivity index (χ2n) is 4.18. The number of nitrogens with one attached hydrogen (secondary N) is 1. The summed E-state index contributed by atoms with van der Waals surface area (Å²) < 4.78 is 2.14. The number of hydrogen-bond acceptors (Lipinski definition) is 4. The maximum absolute atomic E-state index is 11.3. The molecule has 1 aliphatic rings. The number of amides is 1. The largest absolute Gasteiger partial charge is 0.333 e. The smallest absolute Gasteiger partial charge is 0.237 e. The van der Waals surface area contributed by atoms with Gasteiger partial charge in [-0.15, -0.1) is 0 Å². The van der Waals surface area contributed by atoms with Gasteiger partial charge in [-0.1, -0.05) is 6.92 Å². The summed E-state index contributed by atoms with van der Waals surface area (Å²) in [6.45, 7) is 5.28. The lowest BCUT2D eigenvalue weighted by molar-refractivity contribution is -0.125. The van der Waals surface area contributed by atoms with Gasteiger partial charge in [0.25, 0.3) is 0 Å². The van der Waals surface area contributed by atoms with Crippen LogP contribution < -0.4 is 11.3 Å². The van der Waals surface area contributed by atoms with Gasteiger partial charge in [-0.2, -0.15) is 0 Å². The molecule has 6 nitrogen and oxygen atoms in total. The first-order valence-corrected chi connectivity index (χ1v) is 5.43. The van der Waals surface area contributed by atoms with Crippen LogP contribution in [0.25, 0.3) is 0 Å². The fraction of sp³-hybridized carbons (Fsp3) is 0.600. The van der Waals surface area contributed by atoms with Crippen molar-refractivity contribution in [3.63, 3.8) is 0 Å². The molecule has 16 heavy (non-hydrogen) atoms. The summed E-state index contributed by atoms with van der Waals surface area (Å²) in [6.07, 6.45) is 3.80. The molecular weight excluding hydrogens is 206 g/mol. The van der Waals surface area contributed by atoms with E-state index in [1.807, 2.05) is 19.3 Å². The number of carbonyl (C=O) groups is 1. The van der Waals surface area contributed by atoms with Crippen LogP contribution in [-0.4, -0.2) is 33.4 Å². The minimum absolute atomic E-state index is 0.0912. The third-order valence-electron chi connectivity index (χ3n) is 2.95. The van der Waals surface area contributed by atoms with E-state index in [0.717, 1.165) is 32.0 Å². The van der Waals surface area contributed by atoms with E-state index < -0.39 is 0 Å². The quantitative estimate of drug-likeness (QED) is 0.404. The predicted molar refractivity (Wildman–Crippen MR) is 59.0 cm³/mol. The first kappa shape index (κ1) is 11.1. The van der Waals surface area contributed by atoms with Crippen LogP contribution in [0, 0.1) is 5.92 Å². The first-order chi connectivity index (χ1) is 7.70. The summed E-state index contributed by atoms with van der Waals surface area (Å²) in [7, 11) is 0. The predicted octanol–water partition coefficient (Wildman–Crippen LogP) is -0.675. The van der Waals surface area contributed by atoms with Crippen LogP contribution in [0.5, 0.6) is 0 Å². The Morgan fingerprint density at radius 1 is 1.69 bits per heavy atom. The van der Waals surface area contributed by atoms with Crippen molar-refractivity contribution in [2.75, 3.05) is 13.1 Å². The average molecular weight is 223 g/mol. The van der Waals surface area contributed by atoms with Gasteiger partial charge in [0.2, 0.25) is 5.91 Å². The Morgan fingerprint density at radius 3 is 3.25 bits per heavy atom. The molecule has 1 aliphatic heterocycles. The van der Waals surface area contributed by atoms with Gasteiger partial charge < -0.3 is 4.57 Å². The van der Waals surface area contributed by atoms with Gasteiger partial charge in [0, 0.05) is 37.9 Å². The number of fused-ring (bicyclic) bond motifs is 1. The number of imidazole rings is 1. The minimum atomic E-state index is -0.117. The molecule has 1 aromatic heterocycles. The van der Waals surface area contributed by atoms with E-state index in [2.05, 4.69) is 19.9 Å². The van der Waals surface area contributed by atoms with Crippen molar-refractivity contribution in [1.29, 1.82) is 0 Å². The fourth-order valence-electron chi connectivity index (χ4n) is 1.99. The van der Waals surface area contributed by atoms with E-state index in [-0.39, 0.29) is 11.8 Å². The maximum atomic E-state index is 11.3. The topological polar surface area (TPSA) is 76.2 Å². The third-order valence-corrected chi connectivity index (χ3v) is 2.95. The van der Waals surface area contributed by atoms with Crippen molar-refractivity contribution in [1.82, 2.24) is 19.9 Å². The lowest BCUT2D eigenvalue weighted by Crippen LogP contribution is -2.42. The van der Waals surface area contributed by atoms with Gasteiger partial charge in [0.1, 0.15) is 5.82 Å². The molecule has 88 valence electrons. The fourth-order valence-corrected chi connectivity index (χ4v) is 1.99. The summed E-state index contributed by atoms with van der Waals surface area (Å²) in [5.41, 5.74) is 2.18. The van der Waals surface area contributed by atoms with E-state index >= 15 is 0 Å². The molecule has 0 bridgehead atoms. The van der Waals surface area contributed by atoms with E-state index in [1.54, 1.807) is 0 Å². The molecule has 2 heterocycles. The molecule has 1 atom stereocenters. The Balaban J connectivity index is 1.92. The van der Waals surface area contributed by atoms with Gasteiger partial charge >= 0.3 is 0 Å². The summed E-state index contributed by atoms with van der Waals surface area (Å²) in [6, 6.07) is 0. The standard InChI is InChI=1S/C10H17N5O/c1-8(10(16)13-11)6-14-4-5-15-3-2-12-9(15)7-14/h2-3,8H,4-7,11H2,1H3,(H,13,16). The highest BCUT2D eigenvalue weighted by Gasteiger charge is 2.20. The maximum Gasteiger partial charge on any atom is 0.237 e. The van der Waals surface area contributed by atoms with Crippen LogP contribution in [0.4, 0.5) is 0 Å². The number of rotatable bonds is 3. The zero-order valence-corrected chi connectivity index (χ0v) is 9.39. The zero-order valence-electron chi connectivity index (χ0n) is 9.39. The van der Waals surface area contributed by atoms with Gasteiger partial charge in [0.15, 0.2) is 0 Å². The molecule has 1 amide bonds. The molecule has 0 aromatic carbocycles. The number of nitrogens with two attached hydrogens (primary N) is 1. The first-order valence-electron chi connectivity index (χ1n) is 5.43. The van der Waals surface area contributed by atoms with Gasteiger partial charge in [0.05, 0.1) is 6.54 Å². The van der Waals surface area contributed by atoms with E-state index in [1.165, 1.54) is 0 Å². The number of nitrogens with zero attached hydrogens (tertiary/aromatic N) is 3. The zero-order chi connectivity index (χ0) is 11.5. The highest BCUT2D eigenvalue weighted by Crippen LogP contribution is 2.11. The third kappa shape index (κ3) is 2.23. The van der Waals surface area contributed by atoms with Crippen LogP contribution in [0.1, 0.15) is 12.7 Å². The lowest BCUT2D eigenvalue weighted by Gasteiger charge is -2.29. The van der Waals surface area contributed by atoms with E-state index in [4.69, 9.17) is 5.84 Å². The normalized spacial score (nSPS) is 17.9. The van der Waals surface area contributed by atoms with Crippen LogP contribution in [-0.2, 0) is 17.9 Å². The monoisotopic (exact) mass is 223 g/mol. The van der Waals surface area contributed by atoms with Crippen LogP contribution in [0.15, 0.2) is 12.4 Å². The number of aromatic nitrogens is 2. The summed E-state index contributed by atoms with van der Waals surface area (Å²) >= 11 is 0. The molecule has 2 rings (SSSR count). The highest BCUT2D eigenvalue weighted by atomic mass is 16.2. The van der Waals surface area contributed by atoms with E-state index in [0.29, 0.717) is 0 Å². The summed E-state index contributed by atoms with van der Waals surface area (Å²) in [5, 5.41) is 0. The number of hydrazine groups is 1. The Hall–Kier alpha value is -1.40. The Bertz CT molecular complexity index is 375. The lowest BCUT2D eigenvalue weighted by atomic mass is 10.1. The molecule has 1 aromatic rings. The Morgan fingerprint density at radius 2 is 2.50 bits per heavy atom. The summed E-state index contributed by atoms with van der Waals surface area (Å²) in [5.74, 6) is 5.96. The van der Waals surface area contributed by atoms with Gasteiger partial charge in [-0.3, -0.25) is 15.1 Å². The molecule has 3 N–H and O–H groups in total. The molecule has 1 unspecified atom stereocenters. The van der Waals surface area contributed by atoms with Gasteiger partial charge in [-0.05, 0) is 0 Å². The molecule has 0 spiro atoms. The van der Waals surface area contributed by atoms with Crippen LogP contribution >= 0.6 is 0 Å². The SMILES string of the molecule is CC(CN1CCn2ccnc2C1)C(=O)NN. The molecule has 0 radical (unpaired) electrons. The number of hydrogen-bond donors (Lipinski definition) is 2. The Labute approximate surface area is 94.4 Å². The second kappa shape index (κ2) is 4.63. The molecular formula is C10H17N5O. The van der Waals surface area contributed by atoms with E-state index in [9.17, 15) is 4.79 Å². The summed E-state index contributed by atoms with van der Waals surface area (Å²) in [4.78, 5) is 17.8. The average Bonchev–Trinajstić information content (AvgIpc) is 2.75. The molecule has 6 heteroatoms. The van der Waals surface area contributed by atoms with Crippen LogP contribution in [0.3, 0.4) is 0 Å². The van der Waals surface area contributed by atoms with Crippen molar-refractivity contribution in [2.45, 2.75) is 20.0 Å². The molecule has 0 saturated heterocycles. The Kier molecular flexibility index (Phi) is 3.21. The molecule has 0 aliphatic carbocycles. The van der Waals surface area contributed by atoms with Crippen LogP contribution in [0.2, 0.25) is 0 Å². The van der Waals surface area contributed by atoms with Crippen molar-refractivity contribution >= 4 is 5.91 Å². The van der Waals surface area contributed by atoms with Gasteiger partial charge in [-0.25, -0.2) is 10.8 Å². The van der Waals surface area contributed by atoms with Crippen molar-refractivity contribution < 1.29 is 4.79 Å². The van der Waals surface area contributed by atoms with Crippen molar-refractivity contribution in [3.8, 4) is 0 Å². The van der Waals surface area contributed by atoms with Crippen molar-refractivity contribution in [2.24, 2.45) is 11.8 Å². The highest BCUT2D eigenvalue weighted by molar-refractivity contribution is 5.77. The second-order valence-corrected chi connectivity index (χ2v) is 4.18. The molecule has 0 saturated carbocycles. The minimum Gasteiger partial charge on any atom is -0.333 e. The van der Waals surface area contributed by atoms with Crippen molar-refractivity contribution in [3.05, 3.63) is 18.2 Å². The number of carbonyl (C=O) groups excluding carboxylic acids is 1.